The Kier molecular flexibility index (Phi) is 8.11. The van der Waals surface area contributed by atoms with E-state index in [-0.39, 0.29) is 0 Å². The van der Waals surface area contributed by atoms with Gasteiger partial charge in [-0.2, -0.15) is 0 Å². The Hall–Kier alpha value is -7.52. The molecule has 0 saturated carbocycles. The van der Waals surface area contributed by atoms with Gasteiger partial charge in [0, 0.05) is 36.9 Å². The summed E-state index contributed by atoms with van der Waals surface area (Å²) >= 11 is 1.89. The second-order valence-electron chi connectivity index (χ2n) is 15.6. The third-order valence-corrected chi connectivity index (χ3v) is 13.4. The van der Waals surface area contributed by atoms with Crippen LogP contribution in [0.2, 0.25) is 0 Å². The van der Waals surface area contributed by atoms with Gasteiger partial charge in [0.05, 0.1) is 5.69 Å². The van der Waals surface area contributed by atoms with Crippen LogP contribution in [-0.2, 0) is 0 Å². The van der Waals surface area contributed by atoms with Crippen LogP contribution in [0.5, 0.6) is 0 Å². The molecule has 0 saturated heterocycles. The van der Waals surface area contributed by atoms with Crippen LogP contribution in [0.4, 0.5) is 17.1 Å². The summed E-state index contributed by atoms with van der Waals surface area (Å²) in [5.41, 5.74) is 10.7. The molecule has 0 atom stereocenters. The van der Waals surface area contributed by atoms with Gasteiger partial charge in [0.1, 0.15) is 0 Å². The first kappa shape index (κ1) is 34.5. The Morgan fingerprint density at radius 3 is 1.70 bits per heavy atom. The predicted molar refractivity (Wildman–Crippen MR) is 260 cm³/mol. The molecule has 280 valence electrons. The topological polar surface area (TPSA) is 3.24 Å². The Morgan fingerprint density at radius 2 is 0.900 bits per heavy atom. The molecule has 12 aromatic rings. The predicted octanol–water partition coefficient (Wildman–Crippen LogP) is 17.1. The maximum absolute atomic E-state index is 2.46. The normalized spacial score (nSPS) is 11.7. The fourth-order valence-electron chi connectivity index (χ4n) is 9.38. The van der Waals surface area contributed by atoms with E-state index in [1.807, 2.05) is 11.3 Å². The van der Waals surface area contributed by atoms with Crippen molar-refractivity contribution in [1.29, 1.82) is 0 Å². The molecule has 0 unspecified atom stereocenters. The smallest absolute Gasteiger partial charge is 0.0540 e. The SMILES string of the molecule is c1ccc(-c2cccc3cccc(-c4ccc(N(c5ccc6c(c5)sc5c7ccccc7ccc65)c5ccc(-c6ccc7ccccc7c6)c6ccccc56)cc4)c23)cc1. The maximum Gasteiger partial charge on any atom is 0.0540 e. The average molecular weight is 780 g/mol. The lowest BCUT2D eigenvalue weighted by molar-refractivity contribution is 1.30. The summed E-state index contributed by atoms with van der Waals surface area (Å²) in [6.07, 6.45) is 0. The van der Waals surface area contributed by atoms with Gasteiger partial charge in [0.15, 0.2) is 0 Å². The number of hydrogen-bond donors (Lipinski definition) is 0. The number of hydrogen-bond acceptors (Lipinski definition) is 2. The summed E-state index contributed by atoms with van der Waals surface area (Å²) < 4.78 is 2.62. The lowest BCUT2D eigenvalue weighted by Crippen LogP contribution is -2.10. The third kappa shape index (κ3) is 5.68. The molecule has 0 amide bonds. The number of anilines is 3. The second-order valence-corrected chi connectivity index (χ2v) is 16.7. The van der Waals surface area contributed by atoms with E-state index >= 15 is 0 Å². The molecule has 2 heteroatoms. The van der Waals surface area contributed by atoms with Crippen LogP contribution in [0.25, 0.3) is 96.6 Å². The molecule has 0 aliphatic carbocycles. The number of nitrogens with zero attached hydrogens (tertiary/aromatic N) is 1. The molecule has 1 heterocycles. The minimum absolute atomic E-state index is 1.11. The summed E-state index contributed by atoms with van der Waals surface area (Å²) in [6, 6.07) is 82.5. The molecule has 1 aromatic heterocycles. The van der Waals surface area contributed by atoms with Crippen molar-refractivity contribution < 1.29 is 0 Å². The third-order valence-electron chi connectivity index (χ3n) is 12.2. The zero-order valence-corrected chi connectivity index (χ0v) is 33.5. The summed E-state index contributed by atoms with van der Waals surface area (Å²) in [7, 11) is 0. The summed E-state index contributed by atoms with van der Waals surface area (Å²) in [5.74, 6) is 0. The van der Waals surface area contributed by atoms with Crippen LogP contribution >= 0.6 is 11.3 Å². The van der Waals surface area contributed by atoms with E-state index in [0.717, 1.165) is 17.1 Å². The van der Waals surface area contributed by atoms with Crippen LogP contribution in [0.1, 0.15) is 0 Å². The Morgan fingerprint density at radius 1 is 0.300 bits per heavy atom. The number of thiophene rings is 1. The summed E-state index contributed by atoms with van der Waals surface area (Å²) in [6.45, 7) is 0. The standard InChI is InChI=1S/C58H37NS/c1-2-13-39(14-3-1)48-22-10-17-42-18-11-23-49(57(42)48)41-26-29-45(30-27-41)59(46-31-33-53-54-32-28-40-15-6-7-19-50(40)58(54)60-56(53)37-46)55-35-34-47(51-20-8-9-21-52(51)55)44-25-24-38-12-4-5-16-43(38)36-44/h1-37H. The Labute approximate surface area is 352 Å². The first-order valence-electron chi connectivity index (χ1n) is 20.6. The fraction of sp³-hybridized carbons (Fsp3) is 0. The van der Waals surface area contributed by atoms with Crippen molar-refractivity contribution in [2.45, 2.75) is 0 Å². The minimum atomic E-state index is 1.11. The van der Waals surface area contributed by atoms with E-state index in [2.05, 4.69) is 229 Å². The largest absolute Gasteiger partial charge is 0.310 e. The van der Waals surface area contributed by atoms with Crippen molar-refractivity contribution in [3.8, 4) is 33.4 Å². The first-order chi connectivity index (χ1) is 29.7. The van der Waals surface area contributed by atoms with Crippen molar-refractivity contribution >= 4 is 91.7 Å². The second kappa shape index (κ2) is 14.1. The monoisotopic (exact) mass is 779 g/mol. The highest BCUT2D eigenvalue weighted by Crippen LogP contribution is 2.46. The number of benzene rings is 11. The van der Waals surface area contributed by atoms with Crippen molar-refractivity contribution in [2.24, 2.45) is 0 Å². The van der Waals surface area contributed by atoms with E-state index in [1.54, 1.807) is 0 Å². The lowest BCUT2D eigenvalue weighted by atomic mass is 9.91. The van der Waals surface area contributed by atoms with E-state index in [4.69, 9.17) is 0 Å². The number of fused-ring (bicyclic) bond motifs is 8. The molecule has 0 bridgehead atoms. The Balaban J connectivity index is 1.05. The Bertz CT molecular complexity index is 3590. The molecule has 0 fully saturated rings. The molecule has 0 aliphatic heterocycles. The quantitative estimate of drug-likeness (QED) is 0.162. The van der Waals surface area contributed by atoms with Crippen molar-refractivity contribution in [3.63, 3.8) is 0 Å². The van der Waals surface area contributed by atoms with Gasteiger partial charge >= 0.3 is 0 Å². The molecule has 60 heavy (non-hydrogen) atoms. The highest BCUT2D eigenvalue weighted by Gasteiger charge is 2.20. The maximum atomic E-state index is 2.46. The van der Waals surface area contributed by atoms with E-state index in [9.17, 15) is 0 Å². The minimum Gasteiger partial charge on any atom is -0.310 e. The first-order valence-corrected chi connectivity index (χ1v) is 21.4. The van der Waals surface area contributed by atoms with E-state index < -0.39 is 0 Å². The molecule has 0 spiro atoms. The molecule has 0 radical (unpaired) electrons. The van der Waals surface area contributed by atoms with Crippen LogP contribution in [0.3, 0.4) is 0 Å². The van der Waals surface area contributed by atoms with E-state index in [0.29, 0.717) is 0 Å². The highest BCUT2D eigenvalue weighted by atomic mass is 32.1. The van der Waals surface area contributed by atoms with Crippen LogP contribution in [0, 0.1) is 0 Å². The molecule has 1 nitrogen and oxygen atoms in total. The van der Waals surface area contributed by atoms with Crippen LogP contribution in [0.15, 0.2) is 224 Å². The zero-order valence-electron chi connectivity index (χ0n) is 32.7. The molecule has 12 rings (SSSR count). The van der Waals surface area contributed by atoms with Gasteiger partial charge in [-0.25, -0.2) is 0 Å². The van der Waals surface area contributed by atoms with Crippen molar-refractivity contribution in [1.82, 2.24) is 0 Å². The fourth-order valence-corrected chi connectivity index (χ4v) is 10.6. The van der Waals surface area contributed by atoms with Gasteiger partial charge in [-0.3, -0.25) is 0 Å². The molecular formula is C58H37NS. The molecule has 0 aliphatic rings. The lowest BCUT2D eigenvalue weighted by Gasteiger charge is -2.28. The van der Waals surface area contributed by atoms with Gasteiger partial charge < -0.3 is 4.90 Å². The van der Waals surface area contributed by atoms with Gasteiger partial charge in [-0.1, -0.05) is 188 Å². The zero-order chi connectivity index (χ0) is 39.6. The van der Waals surface area contributed by atoms with E-state index in [1.165, 1.54) is 96.6 Å². The van der Waals surface area contributed by atoms with Gasteiger partial charge in [-0.15, -0.1) is 11.3 Å². The van der Waals surface area contributed by atoms with Gasteiger partial charge in [0.2, 0.25) is 0 Å². The summed E-state index contributed by atoms with van der Waals surface area (Å²) in [4.78, 5) is 2.46. The van der Waals surface area contributed by atoms with Crippen LogP contribution in [-0.4, -0.2) is 0 Å². The van der Waals surface area contributed by atoms with Crippen LogP contribution < -0.4 is 4.90 Å². The van der Waals surface area contributed by atoms with Crippen molar-refractivity contribution in [2.75, 3.05) is 4.90 Å². The molecule has 0 N–H and O–H groups in total. The average Bonchev–Trinajstić information content (AvgIpc) is 3.70. The highest BCUT2D eigenvalue weighted by molar-refractivity contribution is 7.26. The molecular weight excluding hydrogens is 743 g/mol. The number of rotatable bonds is 6. The molecule has 11 aromatic carbocycles. The van der Waals surface area contributed by atoms with Crippen molar-refractivity contribution in [3.05, 3.63) is 224 Å². The summed E-state index contributed by atoms with van der Waals surface area (Å²) in [5, 5.41) is 12.6. The van der Waals surface area contributed by atoms with Gasteiger partial charge in [-0.05, 0) is 107 Å². The van der Waals surface area contributed by atoms with Gasteiger partial charge in [0.25, 0.3) is 0 Å².